The van der Waals surface area contributed by atoms with Crippen LogP contribution in [0.4, 0.5) is 28.8 Å². The first kappa shape index (κ1) is 17.6. The fourth-order valence-corrected chi connectivity index (χ4v) is 3.48. The molecule has 3 aromatic rings. The third kappa shape index (κ3) is 4.31. The SMILES string of the molecule is Cc1cc(Cl)ccc1Nc1ccnc(Nc2ccc(N3CCCC3)cc2)n1. The van der Waals surface area contributed by atoms with Gasteiger partial charge in [0.2, 0.25) is 5.95 Å². The lowest BCUT2D eigenvalue weighted by Gasteiger charge is -2.17. The second-order valence-electron chi connectivity index (χ2n) is 6.72. The van der Waals surface area contributed by atoms with E-state index < -0.39 is 0 Å². The van der Waals surface area contributed by atoms with Crippen LogP contribution in [-0.2, 0) is 0 Å². The molecule has 2 heterocycles. The predicted octanol–water partition coefficient (Wildman–Crippen LogP) is 5.53. The molecule has 0 bridgehead atoms. The molecule has 5 nitrogen and oxygen atoms in total. The van der Waals surface area contributed by atoms with Gasteiger partial charge in [-0.1, -0.05) is 11.6 Å². The number of hydrogen-bond donors (Lipinski definition) is 2. The van der Waals surface area contributed by atoms with Crippen molar-refractivity contribution in [1.82, 2.24) is 9.97 Å². The third-order valence-corrected chi connectivity index (χ3v) is 4.94. The summed E-state index contributed by atoms with van der Waals surface area (Å²) in [6.07, 6.45) is 4.29. The molecule has 0 amide bonds. The molecule has 1 aliphatic rings. The van der Waals surface area contributed by atoms with Crippen LogP contribution in [0.25, 0.3) is 0 Å². The van der Waals surface area contributed by atoms with E-state index in [2.05, 4.69) is 49.8 Å². The van der Waals surface area contributed by atoms with Crippen LogP contribution in [0, 0.1) is 6.92 Å². The fraction of sp³-hybridized carbons (Fsp3) is 0.238. The molecule has 6 heteroatoms. The fourth-order valence-electron chi connectivity index (χ4n) is 3.25. The van der Waals surface area contributed by atoms with Gasteiger partial charge in [0.05, 0.1) is 0 Å². The van der Waals surface area contributed by atoms with Crippen molar-refractivity contribution in [2.75, 3.05) is 28.6 Å². The largest absolute Gasteiger partial charge is 0.372 e. The second kappa shape index (κ2) is 7.84. The average Bonchev–Trinajstić information content (AvgIpc) is 3.20. The summed E-state index contributed by atoms with van der Waals surface area (Å²) in [6, 6.07) is 16.0. The quantitative estimate of drug-likeness (QED) is 0.610. The summed E-state index contributed by atoms with van der Waals surface area (Å²) in [6.45, 7) is 4.30. The Bertz CT molecular complexity index is 920. The molecule has 1 aliphatic heterocycles. The maximum Gasteiger partial charge on any atom is 0.229 e. The Kier molecular flexibility index (Phi) is 5.12. The highest BCUT2D eigenvalue weighted by Crippen LogP contribution is 2.25. The molecule has 1 aromatic heterocycles. The average molecular weight is 380 g/mol. The minimum Gasteiger partial charge on any atom is -0.372 e. The molecule has 0 aliphatic carbocycles. The van der Waals surface area contributed by atoms with Crippen molar-refractivity contribution in [3.63, 3.8) is 0 Å². The summed E-state index contributed by atoms with van der Waals surface area (Å²) in [5, 5.41) is 7.31. The predicted molar refractivity (Wildman–Crippen MR) is 113 cm³/mol. The Hall–Kier alpha value is -2.79. The minimum absolute atomic E-state index is 0.556. The zero-order valence-corrected chi connectivity index (χ0v) is 16.0. The number of hydrogen-bond acceptors (Lipinski definition) is 5. The number of aryl methyl sites for hydroxylation is 1. The van der Waals surface area contributed by atoms with Crippen LogP contribution in [0.2, 0.25) is 5.02 Å². The van der Waals surface area contributed by atoms with E-state index in [4.69, 9.17) is 11.6 Å². The molecule has 0 unspecified atom stereocenters. The summed E-state index contributed by atoms with van der Waals surface area (Å²) >= 11 is 6.02. The summed E-state index contributed by atoms with van der Waals surface area (Å²) < 4.78 is 0. The lowest BCUT2D eigenvalue weighted by Crippen LogP contribution is -2.17. The molecular formula is C21H22ClN5. The van der Waals surface area contributed by atoms with Crippen LogP contribution < -0.4 is 15.5 Å². The van der Waals surface area contributed by atoms with Gasteiger partial charge in [0.25, 0.3) is 0 Å². The molecule has 1 fully saturated rings. The van der Waals surface area contributed by atoms with E-state index in [-0.39, 0.29) is 0 Å². The Labute approximate surface area is 164 Å². The molecule has 138 valence electrons. The number of rotatable bonds is 5. The van der Waals surface area contributed by atoms with Gasteiger partial charge < -0.3 is 15.5 Å². The highest BCUT2D eigenvalue weighted by molar-refractivity contribution is 6.30. The lowest BCUT2D eigenvalue weighted by atomic mass is 10.2. The van der Waals surface area contributed by atoms with E-state index in [9.17, 15) is 0 Å². The first-order chi connectivity index (χ1) is 13.2. The zero-order chi connectivity index (χ0) is 18.6. The van der Waals surface area contributed by atoms with E-state index in [1.165, 1.54) is 18.5 Å². The van der Waals surface area contributed by atoms with E-state index in [0.29, 0.717) is 5.95 Å². The van der Waals surface area contributed by atoms with E-state index in [1.54, 1.807) is 6.20 Å². The summed E-state index contributed by atoms with van der Waals surface area (Å²) in [4.78, 5) is 11.3. The number of aromatic nitrogens is 2. The van der Waals surface area contributed by atoms with E-state index >= 15 is 0 Å². The molecule has 2 N–H and O–H groups in total. The third-order valence-electron chi connectivity index (χ3n) is 4.70. The number of nitrogens with zero attached hydrogens (tertiary/aromatic N) is 3. The summed E-state index contributed by atoms with van der Waals surface area (Å²) in [7, 11) is 0. The van der Waals surface area contributed by atoms with Gasteiger partial charge in [-0.3, -0.25) is 0 Å². The Balaban J connectivity index is 1.46. The van der Waals surface area contributed by atoms with Gasteiger partial charge in [-0.05, 0) is 73.9 Å². The van der Waals surface area contributed by atoms with Gasteiger partial charge in [-0.25, -0.2) is 4.98 Å². The first-order valence-corrected chi connectivity index (χ1v) is 9.53. The molecule has 0 radical (unpaired) electrons. The summed E-state index contributed by atoms with van der Waals surface area (Å²) in [5.41, 5.74) is 4.28. The van der Waals surface area contributed by atoms with Crippen LogP contribution in [0.1, 0.15) is 18.4 Å². The van der Waals surface area contributed by atoms with Crippen molar-refractivity contribution >= 4 is 40.4 Å². The molecule has 1 saturated heterocycles. The van der Waals surface area contributed by atoms with Crippen LogP contribution in [-0.4, -0.2) is 23.1 Å². The Morgan fingerprint density at radius 2 is 1.74 bits per heavy atom. The Morgan fingerprint density at radius 3 is 2.48 bits per heavy atom. The maximum absolute atomic E-state index is 6.02. The van der Waals surface area contributed by atoms with Crippen molar-refractivity contribution in [3.05, 3.63) is 65.3 Å². The minimum atomic E-state index is 0.556. The number of halogens is 1. The smallest absolute Gasteiger partial charge is 0.229 e. The van der Waals surface area contributed by atoms with Crippen molar-refractivity contribution in [1.29, 1.82) is 0 Å². The molecular weight excluding hydrogens is 358 g/mol. The lowest BCUT2D eigenvalue weighted by molar-refractivity contribution is 0.949. The van der Waals surface area contributed by atoms with Crippen molar-refractivity contribution < 1.29 is 0 Å². The number of anilines is 5. The molecule has 4 rings (SSSR count). The summed E-state index contributed by atoms with van der Waals surface area (Å²) in [5.74, 6) is 1.28. The molecule has 2 aromatic carbocycles. The van der Waals surface area contributed by atoms with Gasteiger partial charge in [0.1, 0.15) is 5.82 Å². The van der Waals surface area contributed by atoms with Crippen molar-refractivity contribution in [2.45, 2.75) is 19.8 Å². The second-order valence-corrected chi connectivity index (χ2v) is 7.15. The van der Waals surface area contributed by atoms with Crippen LogP contribution >= 0.6 is 11.6 Å². The van der Waals surface area contributed by atoms with E-state index in [1.807, 2.05) is 31.2 Å². The molecule has 27 heavy (non-hydrogen) atoms. The molecule has 0 saturated carbocycles. The van der Waals surface area contributed by atoms with Gasteiger partial charge in [-0.2, -0.15) is 4.98 Å². The standard InChI is InChI=1S/C21H22ClN5/c1-15-14-16(22)4-9-19(15)25-20-10-11-23-21(26-20)24-17-5-7-18(8-6-17)27-12-2-3-13-27/h4-11,14H,2-3,12-13H2,1H3,(H2,23,24,25,26). The van der Waals surface area contributed by atoms with E-state index in [0.717, 1.165) is 40.9 Å². The zero-order valence-electron chi connectivity index (χ0n) is 15.2. The molecule has 0 spiro atoms. The normalized spacial score (nSPS) is 13.6. The van der Waals surface area contributed by atoms with Crippen LogP contribution in [0.15, 0.2) is 54.7 Å². The van der Waals surface area contributed by atoms with Gasteiger partial charge >= 0.3 is 0 Å². The number of benzene rings is 2. The van der Waals surface area contributed by atoms with Gasteiger partial charge in [-0.15, -0.1) is 0 Å². The topological polar surface area (TPSA) is 53.1 Å². The number of nitrogens with one attached hydrogen (secondary N) is 2. The van der Waals surface area contributed by atoms with Gasteiger partial charge in [0.15, 0.2) is 0 Å². The Morgan fingerprint density at radius 1 is 0.963 bits per heavy atom. The maximum atomic E-state index is 6.02. The van der Waals surface area contributed by atoms with Crippen LogP contribution in [0.5, 0.6) is 0 Å². The van der Waals surface area contributed by atoms with Crippen LogP contribution in [0.3, 0.4) is 0 Å². The van der Waals surface area contributed by atoms with Crippen molar-refractivity contribution in [2.24, 2.45) is 0 Å². The highest BCUT2D eigenvalue weighted by Gasteiger charge is 2.12. The highest BCUT2D eigenvalue weighted by atomic mass is 35.5. The first-order valence-electron chi connectivity index (χ1n) is 9.16. The van der Waals surface area contributed by atoms with Crippen molar-refractivity contribution in [3.8, 4) is 0 Å². The monoisotopic (exact) mass is 379 g/mol. The molecule has 0 atom stereocenters. The van der Waals surface area contributed by atoms with Gasteiger partial charge in [0, 0.05) is 41.4 Å².